The van der Waals surface area contributed by atoms with Crippen molar-refractivity contribution in [3.8, 4) is 0 Å². The van der Waals surface area contributed by atoms with E-state index in [2.05, 4.69) is 9.72 Å². The van der Waals surface area contributed by atoms with Crippen molar-refractivity contribution in [1.82, 2.24) is 4.98 Å². The standard InChI is InChI=1S/C9H7Cl2NO3/c1-15-9(14)7-5(2-3-13)4-6(10)12-8(7)11/h3-4H,2H2,1H3. The fraction of sp³-hybridized carbons (Fsp3) is 0.222. The Kier molecular flexibility index (Phi) is 4.05. The summed E-state index contributed by atoms with van der Waals surface area (Å²) in [6, 6.07) is 1.41. The van der Waals surface area contributed by atoms with Gasteiger partial charge >= 0.3 is 5.97 Å². The highest BCUT2D eigenvalue weighted by Gasteiger charge is 2.18. The van der Waals surface area contributed by atoms with Crippen LogP contribution in [-0.4, -0.2) is 24.3 Å². The molecule has 0 fully saturated rings. The maximum Gasteiger partial charge on any atom is 0.341 e. The molecule has 0 amide bonds. The van der Waals surface area contributed by atoms with Gasteiger partial charge in [0, 0.05) is 6.42 Å². The number of halogens is 2. The summed E-state index contributed by atoms with van der Waals surface area (Å²) in [6.07, 6.45) is 0.681. The normalized spacial score (nSPS) is 9.80. The minimum atomic E-state index is -0.638. The van der Waals surface area contributed by atoms with Crippen molar-refractivity contribution in [1.29, 1.82) is 0 Å². The second-order valence-electron chi connectivity index (χ2n) is 2.63. The van der Waals surface area contributed by atoms with Crippen molar-refractivity contribution in [3.05, 3.63) is 27.5 Å². The summed E-state index contributed by atoms with van der Waals surface area (Å²) >= 11 is 11.4. The van der Waals surface area contributed by atoms with Gasteiger partial charge in [0.25, 0.3) is 0 Å². The molecule has 0 saturated carbocycles. The van der Waals surface area contributed by atoms with E-state index in [1.54, 1.807) is 0 Å². The number of carbonyl (C=O) groups is 2. The number of pyridine rings is 1. The van der Waals surface area contributed by atoms with Crippen LogP contribution in [0.1, 0.15) is 15.9 Å². The summed E-state index contributed by atoms with van der Waals surface area (Å²) in [5, 5.41) is 0.0655. The predicted molar refractivity (Wildman–Crippen MR) is 55.4 cm³/mol. The van der Waals surface area contributed by atoms with Gasteiger partial charge in [0.05, 0.1) is 7.11 Å². The predicted octanol–water partition coefficient (Wildman–Crippen LogP) is 1.92. The zero-order valence-electron chi connectivity index (χ0n) is 7.79. The second kappa shape index (κ2) is 5.09. The van der Waals surface area contributed by atoms with E-state index in [4.69, 9.17) is 23.2 Å². The average Bonchev–Trinajstić information content (AvgIpc) is 2.16. The Hall–Kier alpha value is -1.13. The zero-order valence-corrected chi connectivity index (χ0v) is 9.30. The Balaban J connectivity index is 3.32. The number of rotatable bonds is 3. The van der Waals surface area contributed by atoms with Gasteiger partial charge in [-0.25, -0.2) is 9.78 Å². The molecule has 15 heavy (non-hydrogen) atoms. The van der Waals surface area contributed by atoms with Crippen molar-refractivity contribution in [3.63, 3.8) is 0 Å². The van der Waals surface area contributed by atoms with Crippen molar-refractivity contribution in [2.75, 3.05) is 7.11 Å². The first kappa shape index (κ1) is 11.9. The Morgan fingerprint density at radius 2 is 2.27 bits per heavy atom. The van der Waals surface area contributed by atoms with Gasteiger partial charge < -0.3 is 9.53 Å². The molecule has 0 unspecified atom stereocenters. The topological polar surface area (TPSA) is 56.3 Å². The largest absolute Gasteiger partial charge is 0.465 e. The number of aromatic nitrogens is 1. The number of methoxy groups -OCH3 is 1. The van der Waals surface area contributed by atoms with Gasteiger partial charge in [-0.05, 0) is 11.6 Å². The van der Waals surface area contributed by atoms with Crippen LogP contribution >= 0.6 is 23.2 Å². The van der Waals surface area contributed by atoms with Gasteiger partial charge in [0.15, 0.2) is 0 Å². The lowest BCUT2D eigenvalue weighted by molar-refractivity contribution is -0.107. The Bertz CT molecular complexity index is 407. The summed E-state index contributed by atoms with van der Waals surface area (Å²) in [5.41, 5.74) is 0.484. The molecule has 1 rings (SSSR count). The van der Waals surface area contributed by atoms with Gasteiger partial charge in [0.1, 0.15) is 22.2 Å². The first-order chi connectivity index (χ1) is 7.10. The minimum absolute atomic E-state index is 0.0341. The van der Waals surface area contributed by atoms with E-state index < -0.39 is 5.97 Å². The molecule has 0 spiro atoms. The molecule has 0 aliphatic carbocycles. The summed E-state index contributed by atoms with van der Waals surface area (Å²) in [7, 11) is 1.22. The van der Waals surface area contributed by atoms with Crippen LogP contribution in [0.25, 0.3) is 0 Å². The lowest BCUT2D eigenvalue weighted by atomic mass is 10.1. The fourth-order valence-corrected chi connectivity index (χ4v) is 1.65. The van der Waals surface area contributed by atoms with Crippen LogP contribution in [0.5, 0.6) is 0 Å². The number of hydrogen-bond acceptors (Lipinski definition) is 4. The van der Waals surface area contributed by atoms with Crippen LogP contribution in [-0.2, 0) is 16.0 Å². The van der Waals surface area contributed by atoms with E-state index in [1.165, 1.54) is 13.2 Å². The lowest BCUT2D eigenvalue weighted by Gasteiger charge is -2.07. The van der Waals surface area contributed by atoms with E-state index in [9.17, 15) is 9.59 Å². The van der Waals surface area contributed by atoms with E-state index in [0.29, 0.717) is 11.8 Å². The van der Waals surface area contributed by atoms with Gasteiger partial charge in [0.2, 0.25) is 0 Å². The van der Waals surface area contributed by atoms with Crippen molar-refractivity contribution >= 4 is 35.5 Å². The molecule has 0 aromatic carbocycles. The highest BCUT2D eigenvalue weighted by atomic mass is 35.5. The highest BCUT2D eigenvalue weighted by Crippen LogP contribution is 2.22. The highest BCUT2D eigenvalue weighted by molar-refractivity contribution is 6.34. The average molecular weight is 248 g/mol. The molecule has 1 heterocycles. The molecule has 0 saturated heterocycles. The third-order valence-corrected chi connectivity index (χ3v) is 2.19. The maximum absolute atomic E-state index is 11.3. The molecule has 1 aromatic heterocycles. The second-order valence-corrected chi connectivity index (χ2v) is 3.38. The maximum atomic E-state index is 11.3. The molecule has 1 aromatic rings. The molecule has 0 atom stereocenters. The van der Waals surface area contributed by atoms with Gasteiger partial charge in [-0.2, -0.15) is 0 Å². The molecule has 80 valence electrons. The van der Waals surface area contributed by atoms with Crippen LogP contribution < -0.4 is 0 Å². The number of nitrogens with zero attached hydrogens (tertiary/aromatic N) is 1. The van der Waals surface area contributed by atoms with Crippen LogP contribution in [0.15, 0.2) is 6.07 Å². The number of esters is 1. The molecule has 0 aliphatic rings. The zero-order chi connectivity index (χ0) is 11.4. The van der Waals surface area contributed by atoms with E-state index in [-0.39, 0.29) is 22.3 Å². The third kappa shape index (κ3) is 2.67. The fourth-order valence-electron chi connectivity index (χ4n) is 1.10. The van der Waals surface area contributed by atoms with Crippen molar-refractivity contribution in [2.45, 2.75) is 6.42 Å². The van der Waals surface area contributed by atoms with E-state index in [0.717, 1.165) is 0 Å². The SMILES string of the molecule is COC(=O)c1c(CC=O)cc(Cl)nc1Cl. The molecule has 0 bridgehead atoms. The first-order valence-electron chi connectivity index (χ1n) is 3.97. The molecule has 4 nitrogen and oxygen atoms in total. The summed E-state index contributed by atoms with van der Waals surface area (Å²) < 4.78 is 4.52. The Morgan fingerprint density at radius 1 is 1.60 bits per heavy atom. The summed E-state index contributed by atoms with van der Waals surface area (Å²) in [5.74, 6) is -0.638. The Morgan fingerprint density at radius 3 is 2.80 bits per heavy atom. The molecule has 6 heteroatoms. The molecule has 0 radical (unpaired) electrons. The molecular formula is C9H7Cl2NO3. The number of hydrogen-bond donors (Lipinski definition) is 0. The molecule has 0 aliphatic heterocycles. The van der Waals surface area contributed by atoms with Gasteiger partial charge in [-0.3, -0.25) is 0 Å². The van der Waals surface area contributed by atoms with Crippen LogP contribution in [0, 0.1) is 0 Å². The Labute approximate surface area is 96.2 Å². The minimum Gasteiger partial charge on any atom is -0.465 e. The lowest BCUT2D eigenvalue weighted by Crippen LogP contribution is -2.08. The van der Waals surface area contributed by atoms with Crippen LogP contribution in [0.2, 0.25) is 10.3 Å². The molecule has 0 N–H and O–H groups in total. The van der Waals surface area contributed by atoms with Gasteiger partial charge in [-0.1, -0.05) is 23.2 Å². The monoisotopic (exact) mass is 247 g/mol. The van der Waals surface area contributed by atoms with Crippen molar-refractivity contribution < 1.29 is 14.3 Å². The number of aldehydes is 1. The van der Waals surface area contributed by atoms with Crippen molar-refractivity contribution in [2.24, 2.45) is 0 Å². The van der Waals surface area contributed by atoms with E-state index >= 15 is 0 Å². The number of ether oxygens (including phenoxy) is 1. The quantitative estimate of drug-likeness (QED) is 0.465. The van der Waals surface area contributed by atoms with Gasteiger partial charge in [-0.15, -0.1) is 0 Å². The molecular weight excluding hydrogens is 241 g/mol. The summed E-state index contributed by atoms with van der Waals surface area (Å²) in [6.45, 7) is 0. The third-order valence-electron chi connectivity index (χ3n) is 1.72. The van der Waals surface area contributed by atoms with E-state index in [1.807, 2.05) is 0 Å². The first-order valence-corrected chi connectivity index (χ1v) is 4.72. The summed E-state index contributed by atoms with van der Waals surface area (Å²) in [4.78, 5) is 25.4. The number of carbonyl (C=O) groups excluding carboxylic acids is 2. The van der Waals surface area contributed by atoms with Crippen LogP contribution in [0.4, 0.5) is 0 Å². The smallest absolute Gasteiger partial charge is 0.341 e. The van der Waals surface area contributed by atoms with Crippen LogP contribution in [0.3, 0.4) is 0 Å².